The minimum Gasteiger partial charge on any atom is -0.493 e. The van der Waals surface area contributed by atoms with Crippen LogP contribution in [0.4, 0.5) is 0 Å². The monoisotopic (exact) mass is 378 g/mol. The summed E-state index contributed by atoms with van der Waals surface area (Å²) in [6, 6.07) is 8.36. The van der Waals surface area contributed by atoms with Crippen LogP contribution in [0.25, 0.3) is 28.4 Å². The summed E-state index contributed by atoms with van der Waals surface area (Å²) < 4.78 is 5.97. The van der Waals surface area contributed by atoms with Gasteiger partial charge in [0.1, 0.15) is 11.4 Å². The summed E-state index contributed by atoms with van der Waals surface area (Å²) in [4.78, 5) is 5.90. The Morgan fingerprint density at radius 3 is 3.00 bits per heavy atom. The molecule has 6 nitrogen and oxygen atoms in total. The predicted octanol–water partition coefficient (Wildman–Crippen LogP) is 3.35. The van der Waals surface area contributed by atoms with E-state index >= 15 is 0 Å². The zero-order valence-electron chi connectivity index (χ0n) is 15.9. The van der Waals surface area contributed by atoms with Crippen molar-refractivity contribution < 1.29 is 9.84 Å². The fourth-order valence-corrected chi connectivity index (χ4v) is 4.19. The molecule has 0 atom stereocenters. The van der Waals surface area contributed by atoms with Gasteiger partial charge >= 0.3 is 0 Å². The molecule has 1 aliphatic carbocycles. The summed E-state index contributed by atoms with van der Waals surface area (Å²) in [6.45, 7) is 3.71. The fourth-order valence-electron chi connectivity index (χ4n) is 4.19. The first kappa shape index (κ1) is 17.5. The van der Waals surface area contributed by atoms with Crippen molar-refractivity contribution in [2.24, 2.45) is 0 Å². The van der Waals surface area contributed by atoms with E-state index in [4.69, 9.17) is 4.74 Å². The van der Waals surface area contributed by atoms with Gasteiger partial charge < -0.3 is 19.7 Å². The van der Waals surface area contributed by atoms with Gasteiger partial charge in [-0.15, -0.1) is 0 Å². The second-order valence-electron chi connectivity index (χ2n) is 7.78. The van der Waals surface area contributed by atoms with Crippen molar-refractivity contribution in [1.82, 2.24) is 20.1 Å². The van der Waals surface area contributed by atoms with Crippen LogP contribution in [-0.4, -0.2) is 57.5 Å². The second-order valence-corrected chi connectivity index (χ2v) is 7.78. The maximum absolute atomic E-state index is 9.58. The van der Waals surface area contributed by atoms with Gasteiger partial charge in [-0.25, -0.2) is 0 Å². The molecular formula is C22H26N4O2. The number of hydrogen-bond donors (Lipinski definition) is 3. The van der Waals surface area contributed by atoms with E-state index in [0.717, 1.165) is 79.1 Å². The molecule has 0 spiro atoms. The van der Waals surface area contributed by atoms with Crippen molar-refractivity contribution in [1.29, 1.82) is 0 Å². The van der Waals surface area contributed by atoms with E-state index in [0.29, 0.717) is 6.61 Å². The van der Waals surface area contributed by atoms with Crippen LogP contribution in [0.2, 0.25) is 0 Å². The maximum Gasteiger partial charge on any atom is 0.121 e. The van der Waals surface area contributed by atoms with Crippen molar-refractivity contribution in [3.8, 4) is 17.1 Å². The van der Waals surface area contributed by atoms with Gasteiger partial charge in [0, 0.05) is 42.2 Å². The number of allylic oxidation sites excluding steroid dienone is 1. The lowest BCUT2D eigenvalue weighted by Crippen LogP contribution is -2.36. The normalized spacial score (nSPS) is 17.5. The first-order valence-electron chi connectivity index (χ1n) is 10.2. The maximum atomic E-state index is 9.58. The van der Waals surface area contributed by atoms with Crippen molar-refractivity contribution in [3.63, 3.8) is 0 Å². The molecule has 28 heavy (non-hydrogen) atoms. The van der Waals surface area contributed by atoms with E-state index in [2.05, 4.69) is 50.4 Å². The molecule has 3 N–H and O–H groups in total. The first-order chi connectivity index (χ1) is 13.8. The Kier molecular flexibility index (Phi) is 4.66. The zero-order chi connectivity index (χ0) is 18.9. The number of hydrogen-bond acceptors (Lipinski definition) is 4. The van der Waals surface area contributed by atoms with E-state index in [1.807, 2.05) is 6.07 Å². The van der Waals surface area contributed by atoms with Crippen molar-refractivity contribution in [2.75, 3.05) is 26.2 Å². The molecule has 1 saturated heterocycles. The molecule has 3 aromatic rings. The van der Waals surface area contributed by atoms with E-state index < -0.39 is 0 Å². The average Bonchev–Trinajstić information content (AvgIpc) is 3.41. The number of nitrogens with one attached hydrogen (secondary N) is 2. The number of aromatic nitrogens is 3. The van der Waals surface area contributed by atoms with Crippen LogP contribution in [0.3, 0.4) is 0 Å². The van der Waals surface area contributed by atoms with Crippen LogP contribution in [-0.2, 0) is 6.42 Å². The molecule has 6 heteroatoms. The second kappa shape index (κ2) is 7.45. The van der Waals surface area contributed by atoms with Gasteiger partial charge in [-0.2, -0.15) is 5.10 Å². The van der Waals surface area contributed by atoms with E-state index in [9.17, 15) is 5.11 Å². The Morgan fingerprint density at radius 1 is 1.21 bits per heavy atom. The van der Waals surface area contributed by atoms with Gasteiger partial charge in [-0.05, 0) is 50.0 Å². The third-order valence-electron chi connectivity index (χ3n) is 5.80. The molecule has 5 rings (SSSR count). The number of rotatable bonds is 6. The van der Waals surface area contributed by atoms with Gasteiger partial charge in [-0.1, -0.05) is 6.08 Å². The minimum atomic E-state index is -0.108. The third kappa shape index (κ3) is 3.45. The Labute approximate surface area is 164 Å². The number of nitrogens with zero attached hydrogens (tertiary/aromatic N) is 2. The number of aliphatic hydroxyl groups is 1. The highest BCUT2D eigenvalue weighted by Crippen LogP contribution is 2.31. The van der Waals surface area contributed by atoms with Crippen LogP contribution >= 0.6 is 0 Å². The summed E-state index contributed by atoms with van der Waals surface area (Å²) >= 11 is 0. The molecule has 0 saturated carbocycles. The van der Waals surface area contributed by atoms with E-state index in [1.54, 1.807) is 0 Å². The molecule has 3 heterocycles. The Morgan fingerprint density at radius 2 is 2.11 bits per heavy atom. The van der Waals surface area contributed by atoms with Crippen molar-refractivity contribution in [3.05, 3.63) is 41.6 Å². The highest BCUT2D eigenvalue weighted by atomic mass is 16.5. The van der Waals surface area contributed by atoms with Gasteiger partial charge in [0.2, 0.25) is 0 Å². The van der Waals surface area contributed by atoms with Crippen LogP contribution < -0.4 is 4.74 Å². The number of ether oxygens (including phenoxy) is 1. The highest BCUT2D eigenvalue weighted by Gasteiger charge is 2.18. The third-order valence-corrected chi connectivity index (χ3v) is 5.80. The lowest BCUT2D eigenvalue weighted by Gasteiger charge is -2.29. The Hall–Kier alpha value is -2.57. The number of piperidine rings is 1. The smallest absolute Gasteiger partial charge is 0.121 e. The van der Waals surface area contributed by atoms with Gasteiger partial charge in [-0.3, -0.25) is 5.10 Å². The number of likely N-dealkylation sites (tertiary alicyclic amines) is 1. The van der Waals surface area contributed by atoms with Crippen LogP contribution in [0.1, 0.15) is 30.5 Å². The first-order valence-corrected chi connectivity index (χ1v) is 10.2. The molecule has 1 fully saturated rings. The molecular weight excluding hydrogens is 352 g/mol. The summed E-state index contributed by atoms with van der Waals surface area (Å²) in [5, 5.41) is 18.3. The molecule has 0 amide bonds. The summed E-state index contributed by atoms with van der Waals surface area (Å²) in [5.41, 5.74) is 5.49. The average molecular weight is 378 g/mol. The van der Waals surface area contributed by atoms with Gasteiger partial charge in [0.15, 0.2) is 0 Å². The lowest BCUT2D eigenvalue weighted by molar-refractivity contribution is 0.0800. The van der Waals surface area contributed by atoms with Gasteiger partial charge in [0.05, 0.1) is 24.1 Å². The number of aliphatic hydroxyl groups excluding tert-OH is 1. The van der Waals surface area contributed by atoms with Crippen molar-refractivity contribution in [2.45, 2.75) is 31.8 Å². The minimum absolute atomic E-state index is 0.108. The molecule has 1 aliphatic heterocycles. The summed E-state index contributed by atoms with van der Waals surface area (Å²) in [7, 11) is 0. The van der Waals surface area contributed by atoms with Crippen LogP contribution in [0, 0.1) is 0 Å². The van der Waals surface area contributed by atoms with Crippen molar-refractivity contribution >= 4 is 17.0 Å². The molecule has 146 valence electrons. The SMILES string of the molecule is OC1CCN(CCCOc2ccc3cc(-c4n[nH]c5c4CC=C5)[nH]c3c2)CC1. The molecule has 1 aromatic carbocycles. The Balaban J connectivity index is 1.21. The quantitative estimate of drug-likeness (QED) is 0.575. The van der Waals surface area contributed by atoms with Gasteiger partial charge in [0.25, 0.3) is 0 Å². The van der Waals surface area contributed by atoms with Crippen LogP contribution in [0.5, 0.6) is 5.75 Å². The molecule has 2 aromatic heterocycles. The number of H-pyrrole nitrogens is 2. The van der Waals surface area contributed by atoms with Crippen LogP contribution in [0.15, 0.2) is 30.3 Å². The Bertz CT molecular complexity index is 995. The lowest BCUT2D eigenvalue weighted by atomic mass is 10.1. The topological polar surface area (TPSA) is 77.2 Å². The summed E-state index contributed by atoms with van der Waals surface area (Å²) in [6.07, 6.45) is 7.85. The number of fused-ring (bicyclic) bond motifs is 2. The standard InChI is InChI=1S/C22H26N4O2/c27-16-7-10-26(11-8-16)9-2-12-28-17-6-5-15-13-21(23-20(15)14-17)22-18-3-1-4-19(18)24-25-22/h1,4-6,13-14,16,23,27H,2-3,7-12H2,(H,24,25). The zero-order valence-corrected chi connectivity index (χ0v) is 15.9. The predicted molar refractivity (Wildman–Crippen MR) is 110 cm³/mol. The largest absolute Gasteiger partial charge is 0.493 e. The molecule has 0 bridgehead atoms. The number of aromatic amines is 2. The van der Waals surface area contributed by atoms with E-state index in [-0.39, 0.29) is 6.10 Å². The number of benzene rings is 1. The van der Waals surface area contributed by atoms with E-state index in [1.165, 1.54) is 5.56 Å². The fraction of sp³-hybridized carbons (Fsp3) is 0.409. The molecule has 0 radical (unpaired) electrons. The highest BCUT2D eigenvalue weighted by molar-refractivity contribution is 5.87. The summed E-state index contributed by atoms with van der Waals surface area (Å²) in [5.74, 6) is 0.892. The molecule has 2 aliphatic rings. The molecule has 0 unspecified atom stereocenters.